The molecule has 0 aliphatic carbocycles. The van der Waals surface area contributed by atoms with Crippen molar-refractivity contribution >= 4 is 18.3 Å². The van der Waals surface area contributed by atoms with E-state index in [1.807, 2.05) is 12.1 Å². The summed E-state index contributed by atoms with van der Waals surface area (Å²) in [6.07, 6.45) is 1.72. The summed E-state index contributed by atoms with van der Waals surface area (Å²) in [5, 5.41) is 0. The van der Waals surface area contributed by atoms with Crippen molar-refractivity contribution in [3.8, 4) is 11.5 Å². The highest BCUT2D eigenvalue weighted by Crippen LogP contribution is 2.25. The predicted molar refractivity (Wildman–Crippen MR) is 79.5 cm³/mol. The van der Waals surface area contributed by atoms with Gasteiger partial charge in [0.15, 0.2) is 18.1 Å². The van der Waals surface area contributed by atoms with Crippen LogP contribution >= 0.6 is 12.4 Å². The summed E-state index contributed by atoms with van der Waals surface area (Å²) in [4.78, 5) is 13.8. The largest absolute Gasteiger partial charge is 0.493 e. The van der Waals surface area contributed by atoms with Crippen molar-refractivity contribution in [3.63, 3.8) is 0 Å². The number of nitrogens with zero attached hydrogens (tertiary/aromatic N) is 1. The van der Waals surface area contributed by atoms with Gasteiger partial charge >= 0.3 is 0 Å². The number of piperidine rings is 1. The molecular formula is C14H21ClN2O3. The molecule has 0 saturated carbocycles. The monoisotopic (exact) mass is 300 g/mol. The Balaban J connectivity index is 0.00000200. The van der Waals surface area contributed by atoms with E-state index in [1.165, 1.54) is 0 Å². The molecule has 0 aromatic heterocycles. The van der Waals surface area contributed by atoms with Gasteiger partial charge in [-0.25, -0.2) is 0 Å². The molecule has 6 heteroatoms. The van der Waals surface area contributed by atoms with Gasteiger partial charge in [-0.3, -0.25) is 4.79 Å². The highest BCUT2D eigenvalue weighted by Gasteiger charge is 2.21. The molecule has 0 unspecified atom stereocenters. The molecule has 1 aliphatic heterocycles. The molecule has 0 spiro atoms. The molecule has 1 heterocycles. The number of rotatable bonds is 4. The van der Waals surface area contributed by atoms with E-state index in [4.69, 9.17) is 15.2 Å². The normalized spacial score (nSPS) is 15.4. The maximum Gasteiger partial charge on any atom is 0.260 e. The SMILES string of the molecule is COc1ccccc1OCC(=O)N1CCC(N)CC1.Cl. The fourth-order valence-electron chi connectivity index (χ4n) is 2.12. The van der Waals surface area contributed by atoms with E-state index >= 15 is 0 Å². The summed E-state index contributed by atoms with van der Waals surface area (Å²) in [6.45, 7) is 1.47. The highest BCUT2D eigenvalue weighted by molar-refractivity contribution is 5.85. The standard InChI is InChI=1S/C14H20N2O3.ClH/c1-18-12-4-2-3-5-13(12)19-10-14(17)16-8-6-11(15)7-9-16;/h2-5,11H,6-10,15H2,1H3;1H. The third kappa shape index (κ3) is 4.28. The number of benzene rings is 1. The van der Waals surface area contributed by atoms with Crippen LogP contribution < -0.4 is 15.2 Å². The number of para-hydroxylation sites is 2. The molecule has 1 saturated heterocycles. The van der Waals surface area contributed by atoms with Gasteiger partial charge in [-0.15, -0.1) is 12.4 Å². The van der Waals surface area contributed by atoms with Crippen LogP contribution in [0.2, 0.25) is 0 Å². The van der Waals surface area contributed by atoms with Crippen molar-refractivity contribution in [3.05, 3.63) is 24.3 Å². The van der Waals surface area contributed by atoms with Gasteiger partial charge in [-0.05, 0) is 25.0 Å². The third-order valence-corrected chi connectivity index (χ3v) is 3.31. The van der Waals surface area contributed by atoms with Gasteiger partial charge in [0.25, 0.3) is 5.91 Å². The molecule has 2 N–H and O–H groups in total. The number of carbonyl (C=O) groups is 1. The summed E-state index contributed by atoms with van der Waals surface area (Å²) in [7, 11) is 1.58. The van der Waals surface area contributed by atoms with Gasteiger partial charge in [0, 0.05) is 19.1 Å². The maximum absolute atomic E-state index is 12.0. The number of methoxy groups -OCH3 is 1. The van der Waals surface area contributed by atoms with Crippen LogP contribution in [0, 0.1) is 0 Å². The Bertz CT molecular complexity index is 434. The molecule has 1 fully saturated rings. The number of ether oxygens (including phenoxy) is 2. The molecule has 112 valence electrons. The van der Waals surface area contributed by atoms with E-state index in [9.17, 15) is 4.79 Å². The second-order valence-electron chi connectivity index (χ2n) is 4.66. The Morgan fingerprint density at radius 3 is 2.50 bits per heavy atom. The average molecular weight is 301 g/mol. The molecule has 1 aromatic rings. The van der Waals surface area contributed by atoms with E-state index in [1.54, 1.807) is 24.1 Å². The van der Waals surface area contributed by atoms with Gasteiger partial charge in [0.05, 0.1) is 7.11 Å². The lowest BCUT2D eigenvalue weighted by Gasteiger charge is -2.30. The number of amides is 1. The molecule has 0 atom stereocenters. The first-order valence-corrected chi connectivity index (χ1v) is 6.50. The van der Waals surface area contributed by atoms with E-state index in [0.717, 1.165) is 25.9 Å². The fraction of sp³-hybridized carbons (Fsp3) is 0.500. The van der Waals surface area contributed by atoms with Crippen molar-refractivity contribution in [2.75, 3.05) is 26.8 Å². The second kappa shape index (κ2) is 7.97. The van der Waals surface area contributed by atoms with E-state index in [2.05, 4.69) is 0 Å². The van der Waals surface area contributed by atoms with Gasteiger partial charge in [-0.1, -0.05) is 12.1 Å². The lowest BCUT2D eigenvalue weighted by Crippen LogP contribution is -2.44. The van der Waals surface area contributed by atoms with Gasteiger partial charge in [0.1, 0.15) is 0 Å². The minimum atomic E-state index is -0.00203. The number of halogens is 1. The van der Waals surface area contributed by atoms with Crippen molar-refractivity contribution in [2.24, 2.45) is 5.73 Å². The van der Waals surface area contributed by atoms with E-state index < -0.39 is 0 Å². The van der Waals surface area contributed by atoms with Crippen LogP contribution in [0.25, 0.3) is 0 Å². The second-order valence-corrected chi connectivity index (χ2v) is 4.66. The topological polar surface area (TPSA) is 64.8 Å². The number of hydrogen-bond donors (Lipinski definition) is 1. The predicted octanol–water partition coefficient (Wildman–Crippen LogP) is 1.45. The molecule has 2 rings (SSSR count). The minimum Gasteiger partial charge on any atom is -0.493 e. The van der Waals surface area contributed by atoms with Gasteiger partial charge < -0.3 is 20.1 Å². The summed E-state index contributed by atoms with van der Waals surface area (Å²) in [5.74, 6) is 1.22. The zero-order valence-electron chi connectivity index (χ0n) is 11.6. The van der Waals surface area contributed by atoms with Crippen LogP contribution in [0.5, 0.6) is 11.5 Å². The summed E-state index contributed by atoms with van der Waals surface area (Å²) >= 11 is 0. The van der Waals surface area contributed by atoms with Crippen LogP contribution in [0.4, 0.5) is 0 Å². The molecule has 1 amide bonds. The first kappa shape index (κ1) is 16.6. The average Bonchev–Trinajstić information content (AvgIpc) is 2.45. The third-order valence-electron chi connectivity index (χ3n) is 3.31. The van der Waals surface area contributed by atoms with Crippen molar-refractivity contribution in [1.29, 1.82) is 0 Å². The van der Waals surface area contributed by atoms with Crippen LogP contribution in [-0.2, 0) is 4.79 Å². The summed E-state index contributed by atoms with van der Waals surface area (Å²) < 4.78 is 10.7. The molecule has 0 bridgehead atoms. The molecule has 1 aliphatic rings. The van der Waals surface area contributed by atoms with Crippen molar-refractivity contribution in [1.82, 2.24) is 4.90 Å². The Kier molecular flexibility index (Phi) is 6.61. The summed E-state index contributed by atoms with van der Waals surface area (Å²) in [5.41, 5.74) is 5.81. The van der Waals surface area contributed by atoms with E-state index in [-0.39, 0.29) is 31.0 Å². The Labute approximate surface area is 125 Å². The lowest BCUT2D eigenvalue weighted by molar-refractivity contribution is -0.134. The summed E-state index contributed by atoms with van der Waals surface area (Å²) in [6, 6.07) is 7.53. The number of hydrogen-bond acceptors (Lipinski definition) is 4. The Hall–Kier alpha value is -1.46. The van der Waals surface area contributed by atoms with Crippen LogP contribution in [0.3, 0.4) is 0 Å². The van der Waals surface area contributed by atoms with Crippen LogP contribution in [-0.4, -0.2) is 43.7 Å². The van der Waals surface area contributed by atoms with Crippen molar-refractivity contribution in [2.45, 2.75) is 18.9 Å². The number of likely N-dealkylation sites (tertiary alicyclic amines) is 1. The first-order valence-electron chi connectivity index (χ1n) is 6.50. The van der Waals surface area contributed by atoms with Crippen LogP contribution in [0.15, 0.2) is 24.3 Å². The molecule has 20 heavy (non-hydrogen) atoms. The fourth-order valence-corrected chi connectivity index (χ4v) is 2.12. The van der Waals surface area contributed by atoms with E-state index in [0.29, 0.717) is 11.5 Å². The van der Waals surface area contributed by atoms with Gasteiger partial charge in [-0.2, -0.15) is 0 Å². The molecule has 1 aromatic carbocycles. The maximum atomic E-state index is 12.0. The number of nitrogens with two attached hydrogens (primary N) is 1. The van der Waals surface area contributed by atoms with Crippen LogP contribution in [0.1, 0.15) is 12.8 Å². The zero-order chi connectivity index (χ0) is 13.7. The Morgan fingerprint density at radius 2 is 1.90 bits per heavy atom. The Morgan fingerprint density at radius 1 is 1.30 bits per heavy atom. The zero-order valence-corrected chi connectivity index (χ0v) is 12.4. The first-order chi connectivity index (χ1) is 9.20. The molecular weight excluding hydrogens is 280 g/mol. The van der Waals surface area contributed by atoms with Gasteiger partial charge in [0.2, 0.25) is 0 Å². The lowest BCUT2D eigenvalue weighted by atomic mass is 10.1. The smallest absolute Gasteiger partial charge is 0.260 e. The minimum absolute atomic E-state index is 0. The number of carbonyl (C=O) groups excluding carboxylic acids is 1. The molecule has 5 nitrogen and oxygen atoms in total. The molecule has 0 radical (unpaired) electrons. The quantitative estimate of drug-likeness (QED) is 0.914. The van der Waals surface area contributed by atoms with Crippen molar-refractivity contribution < 1.29 is 14.3 Å². The highest BCUT2D eigenvalue weighted by atomic mass is 35.5.